The molecule has 0 amide bonds. The standard InChI is InChI=1S/C14H17NS/c1-3-15-11(2)8-9-12-10-16-14-7-5-4-6-13(12)14/h4-11,15H,3H2,1-2H3/b9-8+. The highest BCUT2D eigenvalue weighted by atomic mass is 32.1. The first-order chi connectivity index (χ1) is 7.81. The number of hydrogen-bond donors (Lipinski definition) is 1. The summed E-state index contributed by atoms with van der Waals surface area (Å²) in [5, 5.41) is 6.95. The molecule has 1 unspecified atom stereocenters. The third-order valence-electron chi connectivity index (χ3n) is 2.60. The molecular formula is C14H17NS. The van der Waals surface area contributed by atoms with Gasteiger partial charge in [0.1, 0.15) is 0 Å². The summed E-state index contributed by atoms with van der Waals surface area (Å²) in [5.74, 6) is 0. The number of rotatable bonds is 4. The normalized spacial score (nSPS) is 13.6. The fourth-order valence-electron chi connectivity index (χ4n) is 1.77. The lowest BCUT2D eigenvalue weighted by Gasteiger charge is -2.05. The molecule has 1 N–H and O–H groups in total. The molecule has 2 heteroatoms. The summed E-state index contributed by atoms with van der Waals surface area (Å²) in [5.41, 5.74) is 1.32. The molecule has 1 aromatic carbocycles. The lowest BCUT2D eigenvalue weighted by molar-refractivity contribution is 0.663. The first-order valence-electron chi connectivity index (χ1n) is 5.69. The van der Waals surface area contributed by atoms with Gasteiger partial charge in [0, 0.05) is 10.7 Å². The van der Waals surface area contributed by atoms with Crippen LogP contribution in [0, 0.1) is 0 Å². The average molecular weight is 231 g/mol. The Bertz CT molecular complexity index is 484. The molecule has 0 aliphatic heterocycles. The van der Waals surface area contributed by atoms with Crippen molar-refractivity contribution >= 4 is 27.5 Å². The Hall–Kier alpha value is -1.12. The van der Waals surface area contributed by atoms with Crippen LogP contribution < -0.4 is 5.32 Å². The molecule has 0 spiro atoms. The Morgan fingerprint density at radius 1 is 1.38 bits per heavy atom. The first-order valence-corrected chi connectivity index (χ1v) is 6.57. The Labute approximate surface area is 101 Å². The van der Waals surface area contributed by atoms with E-state index in [9.17, 15) is 0 Å². The lowest BCUT2D eigenvalue weighted by atomic mass is 10.1. The Morgan fingerprint density at radius 2 is 2.19 bits per heavy atom. The Morgan fingerprint density at radius 3 is 3.00 bits per heavy atom. The lowest BCUT2D eigenvalue weighted by Crippen LogP contribution is -2.22. The van der Waals surface area contributed by atoms with Crippen molar-refractivity contribution in [2.75, 3.05) is 6.54 Å². The molecule has 2 rings (SSSR count). The van der Waals surface area contributed by atoms with Crippen LogP contribution >= 0.6 is 11.3 Å². The highest BCUT2D eigenvalue weighted by Gasteiger charge is 2.00. The van der Waals surface area contributed by atoms with Crippen molar-refractivity contribution in [3.8, 4) is 0 Å². The predicted octanol–water partition coefficient (Wildman–Crippen LogP) is 3.91. The number of thiophene rings is 1. The number of fused-ring (bicyclic) bond motifs is 1. The van der Waals surface area contributed by atoms with Gasteiger partial charge in [-0.1, -0.05) is 37.3 Å². The van der Waals surface area contributed by atoms with E-state index in [-0.39, 0.29) is 0 Å². The van der Waals surface area contributed by atoms with Crippen LogP contribution in [0.25, 0.3) is 16.2 Å². The van der Waals surface area contributed by atoms with E-state index in [1.165, 1.54) is 15.6 Å². The molecule has 1 aromatic heterocycles. The largest absolute Gasteiger partial charge is 0.311 e. The van der Waals surface area contributed by atoms with E-state index in [2.05, 4.69) is 61.0 Å². The molecule has 1 atom stereocenters. The summed E-state index contributed by atoms with van der Waals surface area (Å²) < 4.78 is 1.36. The molecule has 0 fully saturated rings. The Balaban J connectivity index is 2.21. The maximum Gasteiger partial charge on any atom is 0.0348 e. The van der Waals surface area contributed by atoms with Crippen molar-refractivity contribution < 1.29 is 0 Å². The summed E-state index contributed by atoms with van der Waals surface area (Å²) in [6.45, 7) is 5.31. The molecule has 0 aliphatic carbocycles. The Kier molecular flexibility index (Phi) is 3.75. The van der Waals surface area contributed by atoms with Gasteiger partial charge in [0.15, 0.2) is 0 Å². The average Bonchev–Trinajstić information content (AvgIpc) is 2.70. The van der Waals surface area contributed by atoms with Gasteiger partial charge >= 0.3 is 0 Å². The van der Waals surface area contributed by atoms with Crippen LogP contribution in [-0.2, 0) is 0 Å². The van der Waals surface area contributed by atoms with Gasteiger partial charge in [-0.3, -0.25) is 0 Å². The molecule has 1 heterocycles. The monoisotopic (exact) mass is 231 g/mol. The van der Waals surface area contributed by atoms with Crippen molar-refractivity contribution in [2.45, 2.75) is 19.9 Å². The summed E-state index contributed by atoms with van der Waals surface area (Å²) in [7, 11) is 0. The molecule has 0 bridgehead atoms. The van der Waals surface area contributed by atoms with Gasteiger partial charge in [-0.05, 0) is 35.9 Å². The van der Waals surface area contributed by atoms with Crippen LogP contribution in [0.3, 0.4) is 0 Å². The summed E-state index contributed by atoms with van der Waals surface area (Å²) in [6.07, 6.45) is 4.43. The third-order valence-corrected chi connectivity index (χ3v) is 3.58. The van der Waals surface area contributed by atoms with Gasteiger partial charge in [0.25, 0.3) is 0 Å². The molecular weight excluding hydrogens is 214 g/mol. The third kappa shape index (κ3) is 2.52. The predicted molar refractivity (Wildman–Crippen MR) is 74.0 cm³/mol. The highest BCUT2D eigenvalue weighted by Crippen LogP contribution is 2.26. The summed E-state index contributed by atoms with van der Waals surface area (Å²) in [4.78, 5) is 0. The zero-order chi connectivity index (χ0) is 11.4. The van der Waals surface area contributed by atoms with Crippen LogP contribution in [0.4, 0.5) is 0 Å². The van der Waals surface area contributed by atoms with E-state index in [0.717, 1.165) is 6.54 Å². The van der Waals surface area contributed by atoms with Gasteiger partial charge in [0.05, 0.1) is 0 Å². The highest BCUT2D eigenvalue weighted by molar-refractivity contribution is 7.17. The van der Waals surface area contributed by atoms with E-state index >= 15 is 0 Å². The van der Waals surface area contributed by atoms with Gasteiger partial charge < -0.3 is 5.32 Å². The minimum atomic E-state index is 0.434. The minimum absolute atomic E-state index is 0.434. The van der Waals surface area contributed by atoms with Crippen LogP contribution in [0.5, 0.6) is 0 Å². The molecule has 0 radical (unpaired) electrons. The number of likely N-dealkylation sites (N-methyl/N-ethyl adjacent to an activating group) is 1. The van der Waals surface area contributed by atoms with Crippen molar-refractivity contribution in [1.29, 1.82) is 0 Å². The van der Waals surface area contributed by atoms with Gasteiger partial charge in [0.2, 0.25) is 0 Å². The van der Waals surface area contributed by atoms with Crippen LogP contribution in [0.1, 0.15) is 19.4 Å². The molecule has 2 aromatic rings. The van der Waals surface area contributed by atoms with E-state index in [0.29, 0.717) is 6.04 Å². The van der Waals surface area contributed by atoms with Crippen LogP contribution in [0.15, 0.2) is 35.7 Å². The second-order valence-corrected chi connectivity index (χ2v) is 4.80. The zero-order valence-electron chi connectivity index (χ0n) is 9.73. The number of benzene rings is 1. The smallest absolute Gasteiger partial charge is 0.0348 e. The quantitative estimate of drug-likeness (QED) is 0.841. The van der Waals surface area contributed by atoms with E-state index < -0.39 is 0 Å². The van der Waals surface area contributed by atoms with Crippen LogP contribution in [0.2, 0.25) is 0 Å². The second kappa shape index (κ2) is 5.28. The fourth-order valence-corrected chi connectivity index (χ4v) is 2.69. The zero-order valence-corrected chi connectivity index (χ0v) is 10.6. The van der Waals surface area contributed by atoms with E-state index in [1.807, 2.05) is 11.3 Å². The molecule has 84 valence electrons. The molecule has 16 heavy (non-hydrogen) atoms. The second-order valence-electron chi connectivity index (χ2n) is 3.89. The topological polar surface area (TPSA) is 12.0 Å². The minimum Gasteiger partial charge on any atom is -0.311 e. The molecule has 0 saturated carbocycles. The van der Waals surface area contributed by atoms with Crippen molar-refractivity contribution in [1.82, 2.24) is 5.32 Å². The van der Waals surface area contributed by atoms with Gasteiger partial charge in [-0.25, -0.2) is 0 Å². The first kappa shape index (κ1) is 11.4. The molecule has 0 saturated heterocycles. The SMILES string of the molecule is CCNC(C)/C=C/c1csc2ccccc12. The van der Waals surface area contributed by atoms with E-state index in [4.69, 9.17) is 0 Å². The molecule has 0 aliphatic rings. The van der Waals surface area contributed by atoms with Gasteiger partial charge in [-0.15, -0.1) is 11.3 Å². The van der Waals surface area contributed by atoms with Gasteiger partial charge in [-0.2, -0.15) is 0 Å². The number of hydrogen-bond acceptors (Lipinski definition) is 2. The molecule has 1 nitrogen and oxygen atoms in total. The number of nitrogens with one attached hydrogen (secondary N) is 1. The van der Waals surface area contributed by atoms with Crippen molar-refractivity contribution in [3.05, 3.63) is 41.3 Å². The van der Waals surface area contributed by atoms with Crippen molar-refractivity contribution in [3.63, 3.8) is 0 Å². The van der Waals surface area contributed by atoms with Crippen molar-refractivity contribution in [2.24, 2.45) is 0 Å². The fraction of sp³-hybridized carbons (Fsp3) is 0.286. The van der Waals surface area contributed by atoms with E-state index in [1.54, 1.807) is 0 Å². The van der Waals surface area contributed by atoms with Crippen LogP contribution in [-0.4, -0.2) is 12.6 Å². The summed E-state index contributed by atoms with van der Waals surface area (Å²) in [6, 6.07) is 8.98. The maximum atomic E-state index is 3.37. The summed E-state index contributed by atoms with van der Waals surface area (Å²) >= 11 is 1.81. The maximum absolute atomic E-state index is 3.37.